The quantitative estimate of drug-likeness (QED) is 0.759. The van der Waals surface area contributed by atoms with Gasteiger partial charge < -0.3 is 14.2 Å². The van der Waals surface area contributed by atoms with Gasteiger partial charge in [-0.25, -0.2) is 12.8 Å². The van der Waals surface area contributed by atoms with E-state index in [1.54, 1.807) is 11.9 Å². The molecule has 2 heterocycles. The van der Waals surface area contributed by atoms with Crippen LogP contribution in [0.5, 0.6) is 5.75 Å². The predicted molar refractivity (Wildman–Crippen MR) is 89.7 cm³/mol. The lowest BCUT2D eigenvalue weighted by Gasteiger charge is -2.31. The number of piperidine rings is 1. The van der Waals surface area contributed by atoms with Crippen molar-refractivity contribution in [3.05, 3.63) is 36.4 Å². The van der Waals surface area contributed by atoms with Crippen LogP contribution in [0.3, 0.4) is 0 Å². The Kier molecular flexibility index (Phi) is 5.21. The zero-order chi connectivity index (χ0) is 18.7. The van der Waals surface area contributed by atoms with Crippen LogP contribution in [0, 0.1) is 5.82 Å². The normalized spacial score (nSPS) is 15.8. The lowest BCUT2D eigenvalue weighted by atomic mass is 10.1. The van der Waals surface area contributed by atoms with Crippen LogP contribution in [0.1, 0.15) is 12.8 Å². The second-order valence-electron chi connectivity index (χ2n) is 6.09. The number of carbonyl (C=O) groups excluding carboxylic acids is 1. The first-order valence-electron chi connectivity index (χ1n) is 8.12. The molecule has 0 aliphatic carbocycles. The monoisotopic (exact) mass is 382 g/mol. The maximum atomic E-state index is 12.8. The van der Waals surface area contributed by atoms with Crippen molar-refractivity contribution in [2.75, 3.05) is 19.7 Å². The van der Waals surface area contributed by atoms with E-state index in [0.29, 0.717) is 31.7 Å². The smallest absolute Gasteiger partial charge is 0.260 e. The van der Waals surface area contributed by atoms with Crippen LogP contribution in [0.2, 0.25) is 0 Å². The molecule has 10 heteroatoms. The van der Waals surface area contributed by atoms with Gasteiger partial charge in [-0.3, -0.25) is 4.79 Å². The molecule has 0 unspecified atom stereocenters. The molecule has 8 nitrogen and oxygen atoms in total. The summed E-state index contributed by atoms with van der Waals surface area (Å²) >= 11 is 0. The van der Waals surface area contributed by atoms with Gasteiger partial charge in [-0.2, -0.15) is 0 Å². The van der Waals surface area contributed by atoms with E-state index in [1.165, 1.54) is 35.2 Å². The van der Waals surface area contributed by atoms with Crippen molar-refractivity contribution < 1.29 is 22.3 Å². The summed E-state index contributed by atoms with van der Waals surface area (Å²) in [7, 11) is -1.99. The zero-order valence-corrected chi connectivity index (χ0v) is 15.0. The van der Waals surface area contributed by atoms with Crippen LogP contribution in [0.4, 0.5) is 4.39 Å². The fourth-order valence-electron chi connectivity index (χ4n) is 2.86. The van der Waals surface area contributed by atoms with Gasteiger partial charge in [0.1, 0.15) is 17.9 Å². The summed E-state index contributed by atoms with van der Waals surface area (Å²) in [6, 6.07) is 5.40. The highest BCUT2D eigenvalue weighted by Gasteiger charge is 2.35. The number of halogens is 1. The number of amides is 1. The number of hydrogen-bond acceptors (Lipinski definition) is 6. The molecule has 1 amide bonds. The van der Waals surface area contributed by atoms with Gasteiger partial charge in [-0.1, -0.05) is 0 Å². The predicted octanol–water partition coefficient (Wildman–Crippen LogP) is 0.798. The summed E-state index contributed by atoms with van der Waals surface area (Å²) in [6.45, 7) is 0.479. The number of likely N-dealkylation sites (tertiary alicyclic amines) is 1. The van der Waals surface area contributed by atoms with Gasteiger partial charge in [0, 0.05) is 20.1 Å². The molecule has 0 spiro atoms. The third-order valence-corrected chi connectivity index (χ3v) is 6.56. The number of ether oxygens (including phenoxy) is 1. The molecule has 0 N–H and O–H groups in total. The fraction of sp³-hybridized carbons (Fsp3) is 0.438. The van der Waals surface area contributed by atoms with Gasteiger partial charge in [0.05, 0.1) is 5.25 Å². The van der Waals surface area contributed by atoms with Crippen molar-refractivity contribution in [2.45, 2.75) is 23.2 Å². The minimum Gasteiger partial charge on any atom is -0.484 e. The zero-order valence-electron chi connectivity index (χ0n) is 14.2. The Morgan fingerprint density at radius 2 is 1.92 bits per heavy atom. The van der Waals surface area contributed by atoms with Crippen molar-refractivity contribution in [3.8, 4) is 5.75 Å². The minimum atomic E-state index is -3.57. The molecule has 1 saturated heterocycles. The summed E-state index contributed by atoms with van der Waals surface area (Å²) in [4.78, 5) is 13.8. The fourth-order valence-corrected chi connectivity index (χ4v) is 4.60. The Morgan fingerprint density at radius 1 is 1.27 bits per heavy atom. The molecule has 0 atom stereocenters. The molecule has 1 fully saturated rings. The van der Waals surface area contributed by atoms with E-state index in [0.717, 1.165) is 0 Å². The summed E-state index contributed by atoms with van der Waals surface area (Å²) in [5.74, 6) is -0.210. The van der Waals surface area contributed by atoms with Crippen LogP contribution in [0.25, 0.3) is 0 Å². The topological polar surface area (TPSA) is 94.4 Å². The van der Waals surface area contributed by atoms with Crippen LogP contribution in [0.15, 0.2) is 35.7 Å². The van der Waals surface area contributed by atoms with E-state index in [9.17, 15) is 17.6 Å². The van der Waals surface area contributed by atoms with Crippen LogP contribution < -0.4 is 4.74 Å². The standard InChI is InChI=1S/C16H19FN4O4S/c1-20-11-18-19-16(20)26(23,24)14-6-8-21(9-7-14)15(22)10-25-13-4-2-12(17)3-5-13/h2-5,11,14H,6-10H2,1H3. The summed E-state index contributed by atoms with van der Waals surface area (Å²) < 4.78 is 44.8. The molecule has 140 valence electrons. The van der Waals surface area contributed by atoms with E-state index in [-0.39, 0.29) is 23.5 Å². The lowest BCUT2D eigenvalue weighted by molar-refractivity contribution is -0.134. The van der Waals surface area contributed by atoms with E-state index in [4.69, 9.17) is 4.74 Å². The second-order valence-corrected chi connectivity index (χ2v) is 8.21. The third kappa shape index (κ3) is 3.85. The first kappa shape index (κ1) is 18.3. The maximum absolute atomic E-state index is 12.8. The molecule has 26 heavy (non-hydrogen) atoms. The van der Waals surface area contributed by atoms with Crippen LogP contribution in [-0.2, 0) is 21.7 Å². The van der Waals surface area contributed by atoms with E-state index < -0.39 is 15.1 Å². The van der Waals surface area contributed by atoms with Crippen molar-refractivity contribution >= 4 is 15.7 Å². The van der Waals surface area contributed by atoms with E-state index in [1.807, 2.05) is 0 Å². The molecule has 1 aliphatic rings. The Hall–Kier alpha value is -2.49. The molecule has 3 rings (SSSR count). The highest BCUT2D eigenvalue weighted by molar-refractivity contribution is 7.91. The van der Waals surface area contributed by atoms with Gasteiger partial charge in [0.2, 0.25) is 15.0 Å². The SMILES string of the molecule is Cn1cnnc1S(=O)(=O)C1CCN(C(=O)COc2ccc(F)cc2)CC1. The minimum absolute atomic E-state index is 0.0538. The number of sulfone groups is 1. The first-order chi connectivity index (χ1) is 12.4. The number of nitrogens with zero attached hydrogens (tertiary/aromatic N) is 4. The molecule has 1 aromatic heterocycles. The van der Waals surface area contributed by atoms with Gasteiger partial charge in [-0.15, -0.1) is 10.2 Å². The summed E-state index contributed by atoms with van der Waals surface area (Å²) in [5.41, 5.74) is 0. The number of benzene rings is 1. The van der Waals surface area contributed by atoms with Crippen LogP contribution in [-0.4, -0.2) is 58.9 Å². The number of aromatic nitrogens is 3. The Morgan fingerprint density at radius 3 is 2.50 bits per heavy atom. The highest BCUT2D eigenvalue weighted by atomic mass is 32.2. The summed E-state index contributed by atoms with van der Waals surface area (Å²) in [6.07, 6.45) is 2.01. The van der Waals surface area contributed by atoms with Crippen LogP contribution >= 0.6 is 0 Å². The van der Waals surface area contributed by atoms with Crippen molar-refractivity contribution in [2.24, 2.45) is 7.05 Å². The van der Waals surface area contributed by atoms with Crippen molar-refractivity contribution in [1.29, 1.82) is 0 Å². The van der Waals surface area contributed by atoms with E-state index >= 15 is 0 Å². The Bertz CT molecular complexity index is 874. The Balaban J connectivity index is 1.54. The van der Waals surface area contributed by atoms with Gasteiger partial charge >= 0.3 is 0 Å². The molecule has 1 aliphatic heterocycles. The van der Waals surface area contributed by atoms with Gasteiger partial charge in [0.15, 0.2) is 6.61 Å². The number of carbonyl (C=O) groups is 1. The van der Waals surface area contributed by atoms with Crippen molar-refractivity contribution in [1.82, 2.24) is 19.7 Å². The largest absolute Gasteiger partial charge is 0.484 e. The maximum Gasteiger partial charge on any atom is 0.260 e. The highest BCUT2D eigenvalue weighted by Crippen LogP contribution is 2.23. The molecule has 0 saturated carbocycles. The third-order valence-electron chi connectivity index (χ3n) is 4.33. The van der Waals surface area contributed by atoms with Gasteiger partial charge in [0.25, 0.3) is 5.91 Å². The number of aryl methyl sites for hydroxylation is 1. The van der Waals surface area contributed by atoms with Gasteiger partial charge in [-0.05, 0) is 37.1 Å². The average Bonchev–Trinajstić information content (AvgIpc) is 3.08. The molecule has 0 bridgehead atoms. The average molecular weight is 382 g/mol. The molecule has 2 aromatic rings. The van der Waals surface area contributed by atoms with Crippen molar-refractivity contribution in [3.63, 3.8) is 0 Å². The second kappa shape index (κ2) is 7.40. The first-order valence-corrected chi connectivity index (χ1v) is 9.66. The molecular formula is C16H19FN4O4S. The Labute approximate surface area is 150 Å². The summed E-state index contributed by atoms with van der Waals surface area (Å²) in [5, 5.41) is 6.65. The number of rotatable bonds is 5. The number of hydrogen-bond donors (Lipinski definition) is 0. The van der Waals surface area contributed by atoms with E-state index in [2.05, 4.69) is 10.2 Å². The molecule has 0 radical (unpaired) electrons. The molecular weight excluding hydrogens is 363 g/mol. The molecule has 1 aromatic carbocycles. The lowest BCUT2D eigenvalue weighted by Crippen LogP contribution is -2.44.